The molecule has 0 radical (unpaired) electrons. The van der Waals surface area contributed by atoms with Crippen LogP contribution in [0.3, 0.4) is 0 Å². The summed E-state index contributed by atoms with van der Waals surface area (Å²) in [6, 6.07) is 15.7. The summed E-state index contributed by atoms with van der Waals surface area (Å²) >= 11 is 7.68. The van der Waals surface area contributed by atoms with Gasteiger partial charge in [-0.05, 0) is 37.4 Å². The topological polar surface area (TPSA) is 25.4 Å². The number of benzene rings is 2. The normalized spacial score (nSPS) is 11.2. The Morgan fingerprint density at radius 2 is 2.05 bits per heavy atom. The Morgan fingerprint density at radius 1 is 1.18 bits per heavy atom. The Morgan fingerprint density at radius 3 is 2.86 bits per heavy atom. The minimum Gasteiger partial charge on any atom is -0.492 e. The molecular formula is C17H17ClN2OS. The average molecular weight is 333 g/mol. The van der Waals surface area contributed by atoms with E-state index in [4.69, 9.17) is 16.3 Å². The monoisotopic (exact) mass is 332 g/mol. The van der Waals surface area contributed by atoms with Crippen LogP contribution in [0.4, 0.5) is 0 Å². The number of hydrogen-bond acceptors (Lipinski definition) is 4. The highest BCUT2D eigenvalue weighted by atomic mass is 35.5. The van der Waals surface area contributed by atoms with E-state index in [9.17, 15) is 0 Å². The van der Waals surface area contributed by atoms with Crippen molar-refractivity contribution in [2.24, 2.45) is 0 Å². The lowest BCUT2D eigenvalue weighted by atomic mass is 10.3. The van der Waals surface area contributed by atoms with Crippen molar-refractivity contribution in [3.63, 3.8) is 0 Å². The fourth-order valence-corrected chi connectivity index (χ4v) is 3.40. The third-order valence-corrected chi connectivity index (χ3v) is 4.54. The van der Waals surface area contributed by atoms with Gasteiger partial charge < -0.3 is 4.74 Å². The number of para-hydroxylation sites is 1. The maximum absolute atomic E-state index is 5.94. The Labute approximate surface area is 139 Å². The Kier molecular flexibility index (Phi) is 4.93. The molecule has 5 heteroatoms. The van der Waals surface area contributed by atoms with E-state index >= 15 is 0 Å². The van der Waals surface area contributed by atoms with Gasteiger partial charge in [0.25, 0.3) is 0 Å². The summed E-state index contributed by atoms with van der Waals surface area (Å²) < 4.78 is 6.95. The van der Waals surface area contributed by atoms with Crippen molar-refractivity contribution in [2.45, 2.75) is 6.54 Å². The van der Waals surface area contributed by atoms with Crippen molar-refractivity contribution in [1.82, 2.24) is 9.88 Å². The van der Waals surface area contributed by atoms with Gasteiger partial charge in [0, 0.05) is 11.6 Å². The van der Waals surface area contributed by atoms with E-state index in [0.717, 1.165) is 29.4 Å². The van der Waals surface area contributed by atoms with Crippen molar-refractivity contribution in [2.75, 3.05) is 20.2 Å². The molecule has 0 amide bonds. The van der Waals surface area contributed by atoms with Crippen molar-refractivity contribution in [1.29, 1.82) is 0 Å². The molecule has 0 unspecified atom stereocenters. The number of hydrogen-bond donors (Lipinski definition) is 0. The van der Waals surface area contributed by atoms with Crippen LogP contribution >= 0.6 is 22.9 Å². The first-order valence-electron chi connectivity index (χ1n) is 7.12. The summed E-state index contributed by atoms with van der Waals surface area (Å²) in [5.41, 5.74) is 1.08. The number of fused-ring (bicyclic) bond motifs is 1. The highest BCUT2D eigenvalue weighted by molar-refractivity contribution is 7.18. The van der Waals surface area contributed by atoms with E-state index in [1.165, 1.54) is 4.70 Å². The predicted molar refractivity (Wildman–Crippen MR) is 92.9 cm³/mol. The van der Waals surface area contributed by atoms with Crippen molar-refractivity contribution in [3.8, 4) is 5.75 Å². The summed E-state index contributed by atoms with van der Waals surface area (Å²) in [6.07, 6.45) is 0. The average Bonchev–Trinajstić information content (AvgIpc) is 2.89. The van der Waals surface area contributed by atoms with E-state index in [1.54, 1.807) is 11.3 Å². The van der Waals surface area contributed by atoms with Gasteiger partial charge in [0.15, 0.2) is 0 Å². The van der Waals surface area contributed by atoms with Crippen LogP contribution in [0, 0.1) is 0 Å². The summed E-state index contributed by atoms with van der Waals surface area (Å²) in [7, 11) is 2.08. The van der Waals surface area contributed by atoms with Crippen molar-refractivity contribution >= 4 is 33.2 Å². The molecular weight excluding hydrogens is 316 g/mol. The summed E-state index contributed by atoms with van der Waals surface area (Å²) in [5.74, 6) is 0.806. The smallest absolute Gasteiger partial charge is 0.120 e. The Bertz CT molecular complexity index is 726. The van der Waals surface area contributed by atoms with Crippen LogP contribution in [-0.2, 0) is 6.54 Å². The molecule has 0 aliphatic carbocycles. The number of halogens is 1. The van der Waals surface area contributed by atoms with Crippen molar-refractivity contribution < 1.29 is 4.74 Å². The quantitative estimate of drug-likeness (QED) is 0.666. The van der Waals surface area contributed by atoms with Gasteiger partial charge in [-0.3, -0.25) is 4.90 Å². The minimum atomic E-state index is 0.627. The third-order valence-electron chi connectivity index (χ3n) is 3.28. The molecule has 1 aromatic heterocycles. The maximum atomic E-state index is 5.94. The number of thiazole rings is 1. The molecule has 2 aromatic carbocycles. The molecule has 3 aromatic rings. The third kappa shape index (κ3) is 3.97. The molecule has 22 heavy (non-hydrogen) atoms. The van der Waals surface area contributed by atoms with Crippen LogP contribution in [0.2, 0.25) is 5.02 Å². The van der Waals surface area contributed by atoms with Crippen LogP contribution in [0.15, 0.2) is 48.5 Å². The van der Waals surface area contributed by atoms with E-state index in [2.05, 4.69) is 29.1 Å². The first-order valence-corrected chi connectivity index (χ1v) is 8.31. The predicted octanol–water partition coefficient (Wildman–Crippen LogP) is 4.46. The standard InChI is InChI=1S/C17H17ClN2OS/c1-20(9-10-21-14-6-4-5-13(18)11-14)12-17-19-15-7-2-3-8-16(15)22-17/h2-8,11H,9-10,12H2,1H3. The first kappa shape index (κ1) is 15.3. The van der Waals surface area contributed by atoms with Crippen LogP contribution in [-0.4, -0.2) is 30.1 Å². The zero-order valence-electron chi connectivity index (χ0n) is 12.3. The van der Waals surface area contributed by atoms with Gasteiger partial charge in [0.05, 0.1) is 16.8 Å². The molecule has 0 N–H and O–H groups in total. The molecule has 0 atom stereocenters. The lowest BCUT2D eigenvalue weighted by Gasteiger charge is -2.15. The molecule has 3 rings (SSSR count). The second-order valence-corrected chi connectivity index (χ2v) is 6.67. The molecule has 0 bridgehead atoms. The lowest BCUT2D eigenvalue weighted by Crippen LogP contribution is -2.23. The van der Waals surface area contributed by atoms with Crippen molar-refractivity contribution in [3.05, 3.63) is 58.6 Å². The summed E-state index contributed by atoms with van der Waals surface area (Å²) in [6.45, 7) is 2.29. The molecule has 0 saturated carbocycles. The molecule has 0 aliphatic rings. The Balaban J connectivity index is 1.50. The number of nitrogens with zero attached hydrogens (tertiary/aromatic N) is 2. The first-order chi connectivity index (χ1) is 10.7. The number of likely N-dealkylation sites (N-methyl/N-ethyl adjacent to an activating group) is 1. The SMILES string of the molecule is CN(CCOc1cccc(Cl)c1)Cc1nc2ccccc2s1. The van der Waals surface area contributed by atoms with E-state index in [-0.39, 0.29) is 0 Å². The zero-order chi connectivity index (χ0) is 15.4. The molecule has 0 saturated heterocycles. The molecule has 114 valence electrons. The summed E-state index contributed by atoms with van der Waals surface area (Å²) in [5, 5.41) is 1.83. The van der Waals surface area contributed by atoms with Gasteiger partial charge in [-0.25, -0.2) is 4.98 Å². The molecule has 1 heterocycles. The molecule has 0 spiro atoms. The fourth-order valence-electron chi connectivity index (χ4n) is 2.17. The zero-order valence-corrected chi connectivity index (χ0v) is 13.9. The van der Waals surface area contributed by atoms with E-state index < -0.39 is 0 Å². The van der Waals surface area contributed by atoms with Crippen LogP contribution in [0.25, 0.3) is 10.2 Å². The maximum Gasteiger partial charge on any atom is 0.120 e. The van der Waals surface area contributed by atoms with Gasteiger partial charge in [-0.15, -0.1) is 11.3 Å². The van der Waals surface area contributed by atoms with Crippen LogP contribution in [0.5, 0.6) is 5.75 Å². The number of ether oxygens (including phenoxy) is 1. The van der Waals surface area contributed by atoms with Crippen LogP contribution in [0.1, 0.15) is 5.01 Å². The van der Waals surface area contributed by atoms with Gasteiger partial charge >= 0.3 is 0 Å². The minimum absolute atomic E-state index is 0.627. The number of aromatic nitrogens is 1. The summed E-state index contributed by atoms with van der Waals surface area (Å²) in [4.78, 5) is 6.86. The lowest BCUT2D eigenvalue weighted by molar-refractivity contribution is 0.233. The Hall–Kier alpha value is -1.62. The van der Waals surface area contributed by atoms with E-state index in [0.29, 0.717) is 11.6 Å². The highest BCUT2D eigenvalue weighted by Gasteiger charge is 2.06. The molecule has 0 fully saturated rings. The highest BCUT2D eigenvalue weighted by Crippen LogP contribution is 2.22. The molecule has 0 aliphatic heterocycles. The second-order valence-electron chi connectivity index (χ2n) is 5.12. The largest absolute Gasteiger partial charge is 0.492 e. The second kappa shape index (κ2) is 7.09. The van der Waals surface area contributed by atoms with Crippen LogP contribution < -0.4 is 4.74 Å². The van der Waals surface area contributed by atoms with Gasteiger partial charge in [-0.2, -0.15) is 0 Å². The van der Waals surface area contributed by atoms with Gasteiger partial charge in [-0.1, -0.05) is 29.8 Å². The van der Waals surface area contributed by atoms with Gasteiger partial charge in [0.2, 0.25) is 0 Å². The number of rotatable bonds is 6. The molecule has 3 nitrogen and oxygen atoms in total. The van der Waals surface area contributed by atoms with Gasteiger partial charge in [0.1, 0.15) is 17.4 Å². The van der Waals surface area contributed by atoms with E-state index in [1.807, 2.05) is 36.4 Å². The fraction of sp³-hybridized carbons (Fsp3) is 0.235.